The van der Waals surface area contributed by atoms with Crippen molar-refractivity contribution in [2.24, 2.45) is 0 Å². The third kappa shape index (κ3) is 1.87. The Balaban J connectivity index is 2.69. The van der Waals surface area contributed by atoms with Crippen LogP contribution in [0.25, 0.3) is 0 Å². The summed E-state index contributed by atoms with van der Waals surface area (Å²) in [6.45, 7) is 6.06. The lowest BCUT2D eigenvalue weighted by molar-refractivity contribution is -0.117. The molecule has 0 heterocycles. The van der Waals surface area contributed by atoms with Gasteiger partial charge in [0.15, 0.2) is 5.78 Å². The number of likely N-dealkylation sites (N-methyl/N-ethyl adjacent to an activating group) is 1. The molecule has 1 rings (SSSR count). The summed E-state index contributed by atoms with van der Waals surface area (Å²) in [5.41, 5.74) is 0.950. The van der Waals surface area contributed by atoms with Gasteiger partial charge in [0, 0.05) is 19.5 Å². The van der Waals surface area contributed by atoms with Crippen molar-refractivity contribution in [2.75, 3.05) is 13.1 Å². The standard InChI is InChI=1S/C10H17NO/c1-3-11(4-2)9-7-5-6-8-10(9)12/h7H,3-6,8H2,1-2H3. The van der Waals surface area contributed by atoms with Crippen LogP contribution in [0.3, 0.4) is 0 Å². The van der Waals surface area contributed by atoms with Crippen molar-refractivity contribution in [1.29, 1.82) is 0 Å². The van der Waals surface area contributed by atoms with E-state index in [4.69, 9.17) is 0 Å². The highest BCUT2D eigenvalue weighted by molar-refractivity contribution is 5.95. The van der Waals surface area contributed by atoms with E-state index in [0.29, 0.717) is 5.78 Å². The summed E-state index contributed by atoms with van der Waals surface area (Å²) >= 11 is 0. The van der Waals surface area contributed by atoms with Gasteiger partial charge in [-0.25, -0.2) is 0 Å². The summed E-state index contributed by atoms with van der Waals surface area (Å²) in [6.07, 6.45) is 4.92. The van der Waals surface area contributed by atoms with Crippen molar-refractivity contribution in [3.05, 3.63) is 11.8 Å². The fraction of sp³-hybridized carbons (Fsp3) is 0.700. The first-order valence-corrected chi connectivity index (χ1v) is 4.77. The van der Waals surface area contributed by atoms with Crippen LogP contribution in [0.5, 0.6) is 0 Å². The number of hydrogen-bond acceptors (Lipinski definition) is 2. The second-order valence-corrected chi connectivity index (χ2v) is 3.08. The predicted octanol–water partition coefficient (Wildman–Crippen LogP) is 1.97. The summed E-state index contributed by atoms with van der Waals surface area (Å²) in [4.78, 5) is 13.6. The normalized spacial score (nSPS) is 17.5. The van der Waals surface area contributed by atoms with Crippen molar-refractivity contribution >= 4 is 5.78 Å². The third-order valence-corrected chi connectivity index (χ3v) is 2.34. The molecule has 0 aliphatic heterocycles. The van der Waals surface area contributed by atoms with Gasteiger partial charge in [0.2, 0.25) is 0 Å². The van der Waals surface area contributed by atoms with E-state index in [1.54, 1.807) is 0 Å². The van der Waals surface area contributed by atoms with E-state index >= 15 is 0 Å². The van der Waals surface area contributed by atoms with Crippen LogP contribution in [-0.4, -0.2) is 23.8 Å². The van der Waals surface area contributed by atoms with E-state index in [2.05, 4.69) is 24.8 Å². The molecule has 0 aromatic carbocycles. The molecular formula is C10H17NO. The molecule has 0 bridgehead atoms. The van der Waals surface area contributed by atoms with Crippen LogP contribution in [0.2, 0.25) is 0 Å². The van der Waals surface area contributed by atoms with Gasteiger partial charge in [0.05, 0.1) is 5.70 Å². The Bertz CT molecular complexity index is 192. The van der Waals surface area contributed by atoms with Gasteiger partial charge in [-0.2, -0.15) is 0 Å². The molecule has 0 spiro atoms. The van der Waals surface area contributed by atoms with Gasteiger partial charge in [-0.3, -0.25) is 4.79 Å². The zero-order valence-corrected chi connectivity index (χ0v) is 7.97. The van der Waals surface area contributed by atoms with Gasteiger partial charge >= 0.3 is 0 Å². The number of ketones is 1. The fourth-order valence-corrected chi connectivity index (χ4v) is 1.61. The average molecular weight is 167 g/mol. The molecule has 0 radical (unpaired) electrons. The SMILES string of the molecule is CCN(CC)C1=CCCCC1=O. The van der Waals surface area contributed by atoms with Gasteiger partial charge in [0.25, 0.3) is 0 Å². The highest BCUT2D eigenvalue weighted by Gasteiger charge is 2.17. The minimum Gasteiger partial charge on any atom is -0.369 e. The monoisotopic (exact) mass is 167 g/mol. The minimum atomic E-state index is 0.324. The Morgan fingerprint density at radius 1 is 1.42 bits per heavy atom. The minimum absolute atomic E-state index is 0.324. The second kappa shape index (κ2) is 4.29. The molecule has 0 N–H and O–H groups in total. The largest absolute Gasteiger partial charge is 0.369 e. The topological polar surface area (TPSA) is 20.3 Å². The van der Waals surface area contributed by atoms with Gasteiger partial charge in [-0.1, -0.05) is 6.08 Å². The number of nitrogens with zero attached hydrogens (tertiary/aromatic N) is 1. The van der Waals surface area contributed by atoms with Crippen LogP contribution in [0, 0.1) is 0 Å². The molecule has 0 aromatic rings. The first kappa shape index (κ1) is 9.30. The Hall–Kier alpha value is -0.790. The van der Waals surface area contributed by atoms with E-state index in [0.717, 1.165) is 38.0 Å². The molecule has 12 heavy (non-hydrogen) atoms. The molecular weight excluding hydrogens is 150 g/mol. The summed E-state index contributed by atoms with van der Waals surface area (Å²) in [6, 6.07) is 0. The number of carbonyl (C=O) groups excluding carboxylic acids is 1. The van der Waals surface area contributed by atoms with Crippen LogP contribution in [0.15, 0.2) is 11.8 Å². The van der Waals surface area contributed by atoms with Crippen LogP contribution >= 0.6 is 0 Å². The highest BCUT2D eigenvalue weighted by atomic mass is 16.1. The van der Waals surface area contributed by atoms with Gasteiger partial charge in [-0.05, 0) is 26.7 Å². The molecule has 2 heteroatoms. The van der Waals surface area contributed by atoms with Gasteiger partial charge < -0.3 is 4.90 Å². The zero-order chi connectivity index (χ0) is 8.97. The second-order valence-electron chi connectivity index (χ2n) is 3.08. The maximum Gasteiger partial charge on any atom is 0.178 e. The van der Waals surface area contributed by atoms with Crippen LogP contribution < -0.4 is 0 Å². The number of hydrogen-bond donors (Lipinski definition) is 0. The molecule has 1 aliphatic carbocycles. The van der Waals surface area contributed by atoms with Crippen molar-refractivity contribution in [3.8, 4) is 0 Å². The van der Waals surface area contributed by atoms with Crippen LogP contribution in [0.4, 0.5) is 0 Å². The number of rotatable bonds is 3. The number of allylic oxidation sites excluding steroid dienone is 2. The average Bonchev–Trinajstić information content (AvgIpc) is 2.10. The lowest BCUT2D eigenvalue weighted by Crippen LogP contribution is -2.28. The molecule has 0 fully saturated rings. The molecule has 0 atom stereocenters. The smallest absolute Gasteiger partial charge is 0.178 e. The van der Waals surface area contributed by atoms with E-state index in [1.807, 2.05) is 0 Å². The lowest BCUT2D eigenvalue weighted by atomic mass is 10.0. The van der Waals surface area contributed by atoms with Gasteiger partial charge in [-0.15, -0.1) is 0 Å². The molecule has 1 aliphatic rings. The van der Waals surface area contributed by atoms with Crippen molar-refractivity contribution in [2.45, 2.75) is 33.1 Å². The molecule has 0 amide bonds. The molecule has 0 saturated carbocycles. The predicted molar refractivity (Wildman–Crippen MR) is 49.9 cm³/mol. The van der Waals surface area contributed by atoms with Crippen LogP contribution in [-0.2, 0) is 4.79 Å². The molecule has 0 saturated heterocycles. The summed E-state index contributed by atoms with van der Waals surface area (Å²) in [7, 11) is 0. The molecule has 0 unspecified atom stereocenters. The maximum absolute atomic E-state index is 11.4. The maximum atomic E-state index is 11.4. The summed E-state index contributed by atoms with van der Waals surface area (Å²) in [5, 5.41) is 0. The molecule has 68 valence electrons. The van der Waals surface area contributed by atoms with Gasteiger partial charge in [0.1, 0.15) is 0 Å². The van der Waals surface area contributed by atoms with E-state index in [1.165, 1.54) is 0 Å². The first-order chi connectivity index (χ1) is 5.79. The summed E-state index contributed by atoms with van der Waals surface area (Å²) in [5.74, 6) is 0.324. The van der Waals surface area contributed by atoms with E-state index in [9.17, 15) is 4.79 Å². The van der Waals surface area contributed by atoms with Crippen LogP contribution in [0.1, 0.15) is 33.1 Å². The van der Waals surface area contributed by atoms with E-state index in [-0.39, 0.29) is 0 Å². The Morgan fingerprint density at radius 3 is 2.58 bits per heavy atom. The third-order valence-electron chi connectivity index (χ3n) is 2.34. The quantitative estimate of drug-likeness (QED) is 0.640. The lowest BCUT2D eigenvalue weighted by Gasteiger charge is -2.25. The summed E-state index contributed by atoms with van der Waals surface area (Å²) < 4.78 is 0. The number of carbonyl (C=O) groups is 1. The van der Waals surface area contributed by atoms with Crippen molar-refractivity contribution in [1.82, 2.24) is 4.90 Å². The fourth-order valence-electron chi connectivity index (χ4n) is 1.61. The number of Topliss-reactive ketones (excluding diaryl/α,β-unsaturated/α-hetero) is 1. The molecule has 0 aromatic heterocycles. The Morgan fingerprint density at radius 2 is 2.08 bits per heavy atom. The van der Waals surface area contributed by atoms with Crippen molar-refractivity contribution < 1.29 is 4.79 Å². The van der Waals surface area contributed by atoms with Crippen molar-refractivity contribution in [3.63, 3.8) is 0 Å². The Kier molecular flexibility index (Phi) is 3.32. The zero-order valence-electron chi connectivity index (χ0n) is 7.97. The molecule has 2 nitrogen and oxygen atoms in total. The highest BCUT2D eigenvalue weighted by Crippen LogP contribution is 2.17. The first-order valence-electron chi connectivity index (χ1n) is 4.77. The van der Waals surface area contributed by atoms with E-state index < -0.39 is 0 Å². The Labute approximate surface area is 74.2 Å².